The molecule has 5 nitrogen and oxygen atoms in total. The Balaban J connectivity index is 2.30. The Labute approximate surface area is 95.3 Å². The number of piperidine rings is 1. The first-order valence-electron chi connectivity index (χ1n) is 5.32. The van der Waals surface area contributed by atoms with Gasteiger partial charge in [-0.05, 0) is 18.9 Å². The fraction of sp³-hybridized carbons (Fsp3) is 0.500. The van der Waals surface area contributed by atoms with E-state index in [1.807, 2.05) is 0 Å². The number of rotatable bonds is 2. The van der Waals surface area contributed by atoms with Gasteiger partial charge in [0.1, 0.15) is 5.82 Å². The summed E-state index contributed by atoms with van der Waals surface area (Å²) in [5.41, 5.74) is 5.49. The summed E-state index contributed by atoms with van der Waals surface area (Å²) in [4.78, 5) is 4.03. The van der Waals surface area contributed by atoms with Crippen molar-refractivity contribution >= 4 is 15.8 Å². The van der Waals surface area contributed by atoms with Gasteiger partial charge >= 0.3 is 0 Å². The van der Waals surface area contributed by atoms with Crippen molar-refractivity contribution in [3.05, 3.63) is 18.3 Å². The Morgan fingerprint density at radius 2 is 1.94 bits per heavy atom. The first kappa shape index (κ1) is 11.3. The van der Waals surface area contributed by atoms with Crippen LogP contribution in [0.1, 0.15) is 19.3 Å². The number of pyridine rings is 1. The number of hydrogen-bond donors (Lipinski definition) is 1. The topological polar surface area (TPSA) is 76.3 Å². The molecule has 0 saturated carbocycles. The number of nitrogen functional groups attached to an aromatic ring is 1. The van der Waals surface area contributed by atoms with Crippen LogP contribution in [-0.2, 0) is 10.0 Å². The number of nitrogens with two attached hydrogens (primary N) is 1. The lowest BCUT2D eigenvalue weighted by molar-refractivity contribution is 0.346. The van der Waals surface area contributed by atoms with Gasteiger partial charge in [-0.25, -0.2) is 13.4 Å². The Kier molecular flexibility index (Phi) is 3.11. The number of aromatic nitrogens is 1. The average Bonchev–Trinajstić information content (AvgIpc) is 2.30. The van der Waals surface area contributed by atoms with Crippen molar-refractivity contribution in [2.75, 3.05) is 18.8 Å². The van der Waals surface area contributed by atoms with E-state index in [4.69, 9.17) is 5.73 Å². The normalized spacial score (nSPS) is 18.5. The van der Waals surface area contributed by atoms with Gasteiger partial charge in [0, 0.05) is 25.4 Å². The number of hydrogen-bond acceptors (Lipinski definition) is 4. The molecule has 0 aromatic carbocycles. The molecule has 1 saturated heterocycles. The first-order valence-corrected chi connectivity index (χ1v) is 6.76. The van der Waals surface area contributed by atoms with E-state index in [2.05, 4.69) is 4.98 Å². The molecule has 1 aromatic heterocycles. The second-order valence-electron chi connectivity index (χ2n) is 3.88. The average molecular weight is 241 g/mol. The second-order valence-corrected chi connectivity index (χ2v) is 5.82. The minimum atomic E-state index is -3.37. The van der Waals surface area contributed by atoms with Crippen LogP contribution >= 0.6 is 0 Å². The van der Waals surface area contributed by atoms with Crippen molar-refractivity contribution < 1.29 is 8.42 Å². The Hall–Kier alpha value is -1.14. The third-order valence-electron chi connectivity index (χ3n) is 2.71. The van der Waals surface area contributed by atoms with Gasteiger partial charge in [-0.15, -0.1) is 0 Å². The highest BCUT2D eigenvalue weighted by atomic mass is 32.2. The molecule has 2 heterocycles. The molecule has 1 aliphatic rings. The summed E-state index contributed by atoms with van der Waals surface area (Å²) in [6, 6.07) is 2.89. The largest absolute Gasteiger partial charge is 0.384 e. The Bertz CT molecular complexity index is 467. The highest BCUT2D eigenvalue weighted by molar-refractivity contribution is 7.89. The summed E-state index contributed by atoms with van der Waals surface area (Å²) in [6.45, 7) is 1.20. The van der Waals surface area contributed by atoms with E-state index in [9.17, 15) is 8.42 Å². The van der Waals surface area contributed by atoms with Crippen LogP contribution in [0.2, 0.25) is 0 Å². The molecule has 1 aromatic rings. The van der Waals surface area contributed by atoms with Crippen LogP contribution in [0.5, 0.6) is 0 Å². The quantitative estimate of drug-likeness (QED) is 0.832. The maximum atomic E-state index is 12.2. The predicted octanol–water partition coefficient (Wildman–Crippen LogP) is 0.838. The highest BCUT2D eigenvalue weighted by Crippen LogP contribution is 2.20. The Morgan fingerprint density at radius 1 is 1.25 bits per heavy atom. The molecule has 6 heteroatoms. The van der Waals surface area contributed by atoms with E-state index in [1.165, 1.54) is 22.6 Å². The molecule has 0 bridgehead atoms. The van der Waals surface area contributed by atoms with Gasteiger partial charge in [-0.3, -0.25) is 0 Å². The van der Waals surface area contributed by atoms with Crippen LogP contribution in [0.25, 0.3) is 0 Å². The fourth-order valence-corrected chi connectivity index (χ4v) is 3.38. The third-order valence-corrected chi connectivity index (χ3v) is 4.60. The molecular formula is C10H15N3O2S. The molecule has 0 atom stereocenters. The maximum Gasteiger partial charge on any atom is 0.243 e. The van der Waals surface area contributed by atoms with Crippen molar-refractivity contribution in [1.82, 2.24) is 9.29 Å². The van der Waals surface area contributed by atoms with Crippen LogP contribution in [0.4, 0.5) is 5.82 Å². The molecule has 2 rings (SSSR count). The van der Waals surface area contributed by atoms with Crippen LogP contribution in [0.3, 0.4) is 0 Å². The molecule has 0 spiro atoms. The van der Waals surface area contributed by atoms with E-state index < -0.39 is 10.0 Å². The minimum Gasteiger partial charge on any atom is -0.384 e. The molecule has 0 unspecified atom stereocenters. The summed E-state index contributed by atoms with van der Waals surface area (Å²) in [6.07, 6.45) is 4.39. The van der Waals surface area contributed by atoms with Crippen LogP contribution < -0.4 is 5.73 Å². The molecule has 16 heavy (non-hydrogen) atoms. The monoisotopic (exact) mass is 241 g/mol. The van der Waals surface area contributed by atoms with Crippen molar-refractivity contribution in [3.63, 3.8) is 0 Å². The van der Waals surface area contributed by atoms with Crippen LogP contribution in [-0.4, -0.2) is 30.8 Å². The lowest BCUT2D eigenvalue weighted by atomic mass is 10.2. The molecule has 0 aliphatic carbocycles. The first-order chi connectivity index (χ1) is 7.60. The maximum absolute atomic E-state index is 12.2. The molecule has 0 radical (unpaired) electrons. The smallest absolute Gasteiger partial charge is 0.243 e. The van der Waals surface area contributed by atoms with Gasteiger partial charge in [-0.1, -0.05) is 6.42 Å². The molecular weight excluding hydrogens is 226 g/mol. The van der Waals surface area contributed by atoms with E-state index in [0.717, 1.165) is 19.3 Å². The lowest BCUT2D eigenvalue weighted by Gasteiger charge is -2.25. The zero-order valence-electron chi connectivity index (χ0n) is 8.96. The van der Waals surface area contributed by atoms with Crippen LogP contribution in [0.15, 0.2) is 23.2 Å². The van der Waals surface area contributed by atoms with Gasteiger partial charge in [-0.2, -0.15) is 4.31 Å². The molecule has 2 N–H and O–H groups in total. The SMILES string of the molecule is Nc1cc(S(=O)(=O)N2CCCCC2)ccn1. The minimum absolute atomic E-state index is 0.234. The van der Waals surface area contributed by atoms with Gasteiger partial charge in [0.05, 0.1) is 4.90 Å². The van der Waals surface area contributed by atoms with Gasteiger partial charge in [0.2, 0.25) is 10.0 Å². The second kappa shape index (κ2) is 4.39. The number of anilines is 1. The highest BCUT2D eigenvalue weighted by Gasteiger charge is 2.25. The third kappa shape index (κ3) is 2.17. The van der Waals surface area contributed by atoms with Crippen molar-refractivity contribution in [3.8, 4) is 0 Å². The predicted molar refractivity (Wildman–Crippen MR) is 61.3 cm³/mol. The summed E-state index contributed by atoms with van der Waals surface area (Å²) in [5.74, 6) is 0.234. The zero-order valence-corrected chi connectivity index (χ0v) is 9.78. The Morgan fingerprint density at radius 3 is 2.56 bits per heavy atom. The number of nitrogens with zero attached hydrogens (tertiary/aromatic N) is 2. The van der Waals surface area contributed by atoms with Gasteiger partial charge in [0.25, 0.3) is 0 Å². The van der Waals surface area contributed by atoms with Gasteiger partial charge < -0.3 is 5.73 Å². The van der Waals surface area contributed by atoms with E-state index >= 15 is 0 Å². The summed E-state index contributed by atoms with van der Waals surface area (Å²) in [7, 11) is -3.37. The molecule has 1 aliphatic heterocycles. The van der Waals surface area contributed by atoms with Crippen molar-refractivity contribution in [2.24, 2.45) is 0 Å². The summed E-state index contributed by atoms with van der Waals surface area (Å²) in [5, 5.41) is 0. The standard InChI is InChI=1S/C10H15N3O2S/c11-10-8-9(4-5-12-10)16(14,15)13-6-2-1-3-7-13/h4-5,8H,1-3,6-7H2,(H2,11,12). The van der Waals surface area contributed by atoms with Gasteiger partial charge in [0.15, 0.2) is 0 Å². The number of sulfonamides is 1. The molecule has 0 amide bonds. The molecule has 88 valence electrons. The van der Waals surface area contributed by atoms with Crippen molar-refractivity contribution in [2.45, 2.75) is 24.2 Å². The van der Waals surface area contributed by atoms with E-state index in [-0.39, 0.29) is 10.7 Å². The fourth-order valence-electron chi connectivity index (χ4n) is 1.84. The lowest BCUT2D eigenvalue weighted by Crippen LogP contribution is -2.35. The summed E-state index contributed by atoms with van der Waals surface area (Å²) < 4.78 is 25.9. The van der Waals surface area contributed by atoms with Crippen LogP contribution in [0, 0.1) is 0 Å². The molecule has 1 fully saturated rings. The van der Waals surface area contributed by atoms with E-state index in [0.29, 0.717) is 13.1 Å². The zero-order chi connectivity index (χ0) is 11.6. The van der Waals surface area contributed by atoms with Crippen molar-refractivity contribution in [1.29, 1.82) is 0 Å². The van der Waals surface area contributed by atoms with E-state index in [1.54, 1.807) is 0 Å². The summed E-state index contributed by atoms with van der Waals surface area (Å²) >= 11 is 0.